The molecule has 0 aromatic rings. The van der Waals surface area contributed by atoms with Gasteiger partial charge >= 0.3 is 5.97 Å². The van der Waals surface area contributed by atoms with Crippen LogP contribution >= 0.6 is 0 Å². The quantitative estimate of drug-likeness (QED) is 0.299. The van der Waals surface area contributed by atoms with E-state index in [9.17, 15) is 19.8 Å². The molecule has 0 spiro atoms. The van der Waals surface area contributed by atoms with Gasteiger partial charge in [-0.15, -0.1) is 0 Å². The molecule has 0 amide bonds. The van der Waals surface area contributed by atoms with Crippen molar-refractivity contribution in [1.29, 1.82) is 0 Å². The fourth-order valence-corrected chi connectivity index (χ4v) is 0.890. The maximum absolute atomic E-state index is 10.9. The van der Waals surface area contributed by atoms with Crippen molar-refractivity contribution in [1.82, 2.24) is 0 Å². The lowest BCUT2D eigenvalue weighted by Gasteiger charge is -2.24. The Hall–Kier alpha value is -1.02. The number of aldehydes is 1. The van der Waals surface area contributed by atoms with Gasteiger partial charge in [0.05, 0.1) is 6.10 Å². The van der Waals surface area contributed by atoms with Crippen LogP contribution in [0.1, 0.15) is 13.8 Å². The van der Waals surface area contributed by atoms with Gasteiger partial charge in [0.15, 0.2) is 12.4 Å². The van der Waals surface area contributed by atoms with Crippen LogP contribution < -0.4 is 0 Å². The molecule has 0 aromatic heterocycles. The molecule has 1 unspecified atom stereocenters. The van der Waals surface area contributed by atoms with E-state index in [0.717, 1.165) is 6.92 Å². The second-order valence-electron chi connectivity index (χ2n) is 3.44. The summed E-state index contributed by atoms with van der Waals surface area (Å²) in [6.07, 6.45) is -7.64. The third kappa shape index (κ3) is 4.23. The third-order valence-electron chi connectivity index (χ3n) is 1.91. The van der Waals surface area contributed by atoms with Crippen LogP contribution in [0.25, 0.3) is 0 Å². The Morgan fingerprint density at radius 1 is 1.12 bits per heavy atom. The molecule has 7 nitrogen and oxygen atoms in total. The number of hydrogen-bond donors (Lipinski definition) is 4. The number of carbonyl (C=O) groups is 2. The van der Waals surface area contributed by atoms with Crippen molar-refractivity contribution in [2.45, 2.75) is 44.4 Å². The lowest BCUT2D eigenvalue weighted by atomic mass is 10.0. The number of esters is 1. The van der Waals surface area contributed by atoms with E-state index in [1.165, 1.54) is 6.92 Å². The van der Waals surface area contributed by atoms with Crippen molar-refractivity contribution in [3.63, 3.8) is 0 Å². The van der Waals surface area contributed by atoms with Gasteiger partial charge in [-0.1, -0.05) is 0 Å². The summed E-state index contributed by atoms with van der Waals surface area (Å²) in [5.74, 6) is -1.10. The Morgan fingerprint density at radius 2 is 1.62 bits per heavy atom. The van der Waals surface area contributed by atoms with Gasteiger partial charge in [0, 0.05) is 0 Å². The predicted octanol–water partition coefficient (Wildman–Crippen LogP) is -2.42. The predicted molar refractivity (Wildman–Crippen MR) is 51.3 cm³/mol. The standard InChI is InChI=1S/C9H16O7/c1-4(11)7(13)8(14)6(3-10)16-9(15)5(2)12/h3-8,11-14H,1-2H3/t4-,5?,6+,7-,8-/m1/s1. The Balaban J connectivity index is 4.49. The Labute approximate surface area is 92.3 Å². The summed E-state index contributed by atoms with van der Waals surface area (Å²) in [6, 6.07) is 0. The largest absolute Gasteiger partial charge is 0.450 e. The topological polar surface area (TPSA) is 124 Å². The minimum absolute atomic E-state index is 0.108. The fourth-order valence-electron chi connectivity index (χ4n) is 0.890. The van der Waals surface area contributed by atoms with Gasteiger partial charge < -0.3 is 25.2 Å². The van der Waals surface area contributed by atoms with Crippen molar-refractivity contribution in [2.24, 2.45) is 0 Å². The molecule has 7 heteroatoms. The molecule has 16 heavy (non-hydrogen) atoms. The van der Waals surface area contributed by atoms with Crippen LogP contribution in [-0.2, 0) is 14.3 Å². The van der Waals surface area contributed by atoms with Gasteiger partial charge in [-0.25, -0.2) is 4.79 Å². The molecule has 0 aliphatic rings. The summed E-state index contributed by atoms with van der Waals surface area (Å²) in [5.41, 5.74) is 0. The molecular formula is C9H16O7. The number of hydrogen-bond acceptors (Lipinski definition) is 7. The van der Waals surface area contributed by atoms with Gasteiger partial charge in [0.2, 0.25) is 0 Å². The van der Waals surface area contributed by atoms with Gasteiger partial charge in [0.25, 0.3) is 0 Å². The maximum Gasteiger partial charge on any atom is 0.335 e. The molecule has 0 rings (SSSR count). The van der Waals surface area contributed by atoms with Crippen LogP contribution in [0.3, 0.4) is 0 Å². The minimum atomic E-state index is -1.75. The van der Waals surface area contributed by atoms with E-state index in [0.29, 0.717) is 0 Å². The highest BCUT2D eigenvalue weighted by Crippen LogP contribution is 2.07. The smallest absolute Gasteiger partial charge is 0.335 e. The summed E-state index contributed by atoms with van der Waals surface area (Å²) < 4.78 is 4.42. The molecule has 0 aromatic carbocycles. The van der Waals surface area contributed by atoms with Crippen LogP contribution in [0.5, 0.6) is 0 Å². The number of rotatable bonds is 6. The normalized spacial score (nSPS) is 20.4. The summed E-state index contributed by atoms with van der Waals surface area (Å²) in [7, 11) is 0. The zero-order valence-corrected chi connectivity index (χ0v) is 8.98. The molecule has 0 heterocycles. The third-order valence-corrected chi connectivity index (χ3v) is 1.91. The molecular weight excluding hydrogens is 220 g/mol. The van der Waals surface area contributed by atoms with Crippen molar-refractivity contribution in [3.05, 3.63) is 0 Å². The monoisotopic (exact) mass is 236 g/mol. The summed E-state index contributed by atoms with van der Waals surface area (Å²) >= 11 is 0. The zero-order valence-electron chi connectivity index (χ0n) is 8.98. The van der Waals surface area contributed by atoms with Crippen molar-refractivity contribution in [2.75, 3.05) is 0 Å². The molecule has 94 valence electrons. The van der Waals surface area contributed by atoms with Crippen LogP contribution in [0, 0.1) is 0 Å². The maximum atomic E-state index is 10.9. The number of aliphatic hydroxyl groups excluding tert-OH is 4. The lowest BCUT2D eigenvalue weighted by molar-refractivity contribution is -0.173. The van der Waals surface area contributed by atoms with E-state index in [1.54, 1.807) is 0 Å². The van der Waals surface area contributed by atoms with Gasteiger partial charge in [0.1, 0.15) is 18.3 Å². The highest BCUT2D eigenvalue weighted by molar-refractivity contribution is 5.76. The first-order valence-corrected chi connectivity index (χ1v) is 4.69. The SMILES string of the molecule is CC(O)C(=O)O[C@@H](C=O)[C@@H](O)[C@H](O)[C@@H](C)O. The van der Waals surface area contributed by atoms with Gasteiger partial charge in [-0.3, -0.25) is 4.79 Å². The number of carbonyl (C=O) groups excluding carboxylic acids is 2. The zero-order chi connectivity index (χ0) is 12.9. The van der Waals surface area contributed by atoms with E-state index < -0.39 is 36.5 Å². The Kier molecular flexibility index (Phi) is 6.12. The summed E-state index contributed by atoms with van der Waals surface area (Å²) in [5, 5.41) is 36.4. The highest BCUT2D eigenvalue weighted by atomic mass is 16.6. The van der Waals surface area contributed by atoms with Crippen LogP contribution in [0.15, 0.2) is 0 Å². The van der Waals surface area contributed by atoms with Crippen molar-refractivity contribution in [3.8, 4) is 0 Å². The van der Waals surface area contributed by atoms with Gasteiger partial charge in [-0.2, -0.15) is 0 Å². The second-order valence-corrected chi connectivity index (χ2v) is 3.44. The average molecular weight is 236 g/mol. The van der Waals surface area contributed by atoms with Crippen LogP contribution in [0.4, 0.5) is 0 Å². The Bertz CT molecular complexity index is 238. The minimum Gasteiger partial charge on any atom is -0.450 e. The van der Waals surface area contributed by atoms with Crippen molar-refractivity contribution < 1.29 is 34.8 Å². The highest BCUT2D eigenvalue weighted by Gasteiger charge is 2.32. The lowest BCUT2D eigenvalue weighted by Crippen LogP contribution is -2.46. The summed E-state index contributed by atoms with van der Waals surface area (Å²) in [6.45, 7) is 2.33. The van der Waals surface area contributed by atoms with Crippen LogP contribution in [0.2, 0.25) is 0 Å². The van der Waals surface area contributed by atoms with Crippen LogP contribution in [-0.4, -0.2) is 63.2 Å². The molecule has 0 saturated carbocycles. The van der Waals surface area contributed by atoms with E-state index in [-0.39, 0.29) is 6.29 Å². The average Bonchev–Trinajstić information content (AvgIpc) is 2.22. The van der Waals surface area contributed by atoms with E-state index in [4.69, 9.17) is 10.2 Å². The summed E-state index contributed by atoms with van der Waals surface area (Å²) in [4.78, 5) is 21.4. The van der Waals surface area contributed by atoms with E-state index in [2.05, 4.69) is 4.74 Å². The number of ether oxygens (including phenoxy) is 1. The van der Waals surface area contributed by atoms with Crippen molar-refractivity contribution >= 4 is 12.3 Å². The number of aliphatic hydroxyl groups is 4. The molecule has 0 bridgehead atoms. The molecule has 0 saturated heterocycles. The molecule has 5 atom stereocenters. The molecule has 4 N–H and O–H groups in total. The fraction of sp³-hybridized carbons (Fsp3) is 0.778. The first-order chi connectivity index (χ1) is 7.31. The Morgan fingerprint density at radius 3 is 1.94 bits per heavy atom. The first-order valence-electron chi connectivity index (χ1n) is 4.69. The first kappa shape index (κ1) is 15.0. The second kappa shape index (κ2) is 6.54. The molecule has 0 aliphatic carbocycles. The molecule has 0 aliphatic heterocycles. The molecule has 0 fully saturated rings. The molecule has 0 radical (unpaired) electrons. The van der Waals surface area contributed by atoms with Gasteiger partial charge in [-0.05, 0) is 13.8 Å². The van der Waals surface area contributed by atoms with E-state index >= 15 is 0 Å². The van der Waals surface area contributed by atoms with E-state index in [1.807, 2.05) is 0 Å².